The molecule has 16 heavy (non-hydrogen) atoms. The van der Waals surface area contributed by atoms with Crippen molar-refractivity contribution >= 4 is 5.91 Å². The summed E-state index contributed by atoms with van der Waals surface area (Å²) < 4.78 is 1.91. The molecular formula is C11H20N4O. The Balaban J connectivity index is 2.02. The van der Waals surface area contributed by atoms with E-state index in [1.165, 1.54) is 6.92 Å². The zero-order chi connectivity index (χ0) is 11.8. The largest absolute Gasteiger partial charge is 0.356 e. The van der Waals surface area contributed by atoms with E-state index in [0.29, 0.717) is 6.04 Å². The van der Waals surface area contributed by atoms with Crippen LogP contribution < -0.4 is 10.6 Å². The van der Waals surface area contributed by atoms with Crippen LogP contribution >= 0.6 is 0 Å². The minimum Gasteiger partial charge on any atom is -0.356 e. The molecule has 0 aliphatic rings. The molecule has 0 bridgehead atoms. The van der Waals surface area contributed by atoms with Crippen LogP contribution in [0.5, 0.6) is 0 Å². The number of nitrogens with zero attached hydrogens (tertiary/aromatic N) is 2. The van der Waals surface area contributed by atoms with E-state index in [2.05, 4.69) is 22.7 Å². The van der Waals surface area contributed by atoms with Crippen LogP contribution in [0.25, 0.3) is 0 Å². The molecule has 2 N–H and O–H groups in total. The Kier molecular flexibility index (Phi) is 5.56. The fourth-order valence-corrected chi connectivity index (χ4v) is 1.45. The third kappa shape index (κ3) is 5.50. The summed E-state index contributed by atoms with van der Waals surface area (Å²) in [4.78, 5) is 10.6. The number of aromatic nitrogens is 2. The van der Waals surface area contributed by atoms with Crippen molar-refractivity contribution in [3.63, 3.8) is 0 Å². The maximum atomic E-state index is 10.6. The molecule has 1 unspecified atom stereocenters. The third-order valence-electron chi connectivity index (χ3n) is 2.24. The van der Waals surface area contributed by atoms with Crippen LogP contribution in [0.2, 0.25) is 0 Å². The highest BCUT2D eigenvalue weighted by molar-refractivity contribution is 5.72. The zero-order valence-corrected chi connectivity index (χ0v) is 9.94. The molecule has 0 fully saturated rings. The first-order chi connectivity index (χ1) is 7.68. The van der Waals surface area contributed by atoms with Crippen molar-refractivity contribution in [2.24, 2.45) is 0 Å². The summed E-state index contributed by atoms with van der Waals surface area (Å²) >= 11 is 0. The zero-order valence-electron chi connectivity index (χ0n) is 9.94. The second kappa shape index (κ2) is 7.00. The van der Waals surface area contributed by atoms with Gasteiger partial charge in [-0.25, -0.2) is 0 Å². The lowest BCUT2D eigenvalue weighted by atomic mass is 10.3. The number of nitrogens with one attached hydrogen (secondary N) is 2. The standard InChI is InChI=1S/C11H20N4O/c1-10(9-15-8-4-7-14-15)12-5-3-6-13-11(2)16/h4,7-8,10,12H,3,5-6,9H2,1-2H3,(H,13,16). The van der Waals surface area contributed by atoms with Crippen LogP contribution in [0, 0.1) is 0 Å². The maximum absolute atomic E-state index is 10.6. The van der Waals surface area contributed by atoms with E-state index in [1.807, 2.05) is 16.9 Å². The van der Waals surface area contributed by atoms with Gasteiger partial charge in [0.15, 0.2) is 0 Å². The number of amides is 1. The fraction of sp³-hybridized carbons (Fsp3) is 0.636. The topological polar surface area (TPSA) is 59.0 Å². The molecule has 1 aromatic heterocycles. The highest BCUT2D eigenvalue weighted by Crippen LogP contribution is 1.90. The molecule has 90 valence electrons. The third-order valence-corrected chi connectivity index (χ3v) is 2.24. The summed E-state index contributed by atoms with van der Waals surface area (Å²) in [5.74, 6) is 0.0320. The van der Waals surface area contributed by atoms with Gasteiger partial charge in [-0.3, -0.25) is 9.48 Å². The first-order valence-corrected chi connectivity index (χ1v) is 5.63. The summed E-state index contributed by atoms with van der Waals surface area (Å²) in [7, 11) is 0. The molecule has 5 nitrogen and oxygen atoms in total. The molecule has 0 saturated carbocycles. The van der Waals surface area contributed by atoms with Gasteiger partial charge in [-0.05, 0) is 26.0 Å². The van der Waals surface area contributed by atoms with Crippen LogP contribution in [0.15, 0.2) is 18.5 Å². The van der Waals surface area contributed by atoms with E-state index < -0.39 is 0 Å². The fourth-order valence-electron chi connectivity index (χ4n) is 1.45. The number of carbonyl (C=O) groups excluding carboxylic acids is 1. The number of hydrogen-bond donors (Lipinski definition) is 2. The van der Waals surface area contributed by atoms with Gasteiger partial charge in [-0.1, -0.05) is 0 Å². The van der Waals surface area contributed by atoms with Gasteiger partial charge in [-0.15, -0.1) is 0 Å². The van der Waals surface area contributed by atoms with Crippen molar-refractivity contribution in [3.8, 4) is 0 Å². The van der Waals surface area contributed by atoms with Gasteiger partial charge in [-0.2, -0.15) is 5.10 Å². The smallest absolute Gasteiger partial charge is 0.216 e. The molecular weight excluding hydrogens is 204 g/mol. The van der Waals surface area contributed by atoms with Crippen molar-refractivity contribution in [1.82, 2.24) is 20.4 Å². The lowest BCUT2D eigenvalue weighted by Crippen LogP contribution is -2.33. The van der Waals surface area contributed by atoms with Crippen molar-refractivity contribution in [2.45, 2.75) is 32.9 Å². The summed E-state index contributed by atoms with van der Waals surface area (Å²) in [5.41, 5.74) is 0. The van der Waals surface area contributed by atoms with Gasteiger partial charge < -0.3 is 10.6 Å². The first-order valence-electron chi connectivity index (χ1n) is 5.63. The predicted octanol–water partition coefficient (Wildman–Crippen LogP) is 0.387. The van der Waals surface area contributed by atoms with E-state index in [1.54, 1.807) is 6.20 Å². The van der Waals surface area contributed by atoms with E-state index in [0.717, 1.165) is 26.1 Å². The number of hydrogen-bond acceptors (Lipinski definition) is 3. The Bertz CT molecular complexity index is 297. The van der Waals surface area contributed by atoms with Gasteiger partial charge in [0.05, 0.1) is 6.54 Å². The van der Waals surface area contributed by atoms with Crippen LogP contribution in [-0.2, 0) is 11.3 Å². The lowest BCUT2D eigenvalue weighted by molar-refractivity contribution is -0.118. The van der Waals surface area contributed by atoms with Gasteiger partial charge >= 0.3 is 0 Å². The monoisotopic (exact) mass is 224 g/mol. The second-order valence-electron chi connectivity index (χ2n) is 3.92. The van der Waals surface area contributed by atoms with Gasteiger partial charge in [0.25, 0.3) is 0 Å². The van der Waals surface area contributed by atoms with E-state index in [4.69, 9.17) is 0 Å². The molecule has 0 aromatic carbocycles. The van der Waals surface area contributed by atoms with Crippen LogP contribution in [-0.4, -0.2) is 34.8 Å². The first kappa shape index (κ1) is 12.7. The van der Waals surface area contributed by atoms with Crippen molar-refractivity contribution in [3.05, 3.63) is 18.5 Å². The van der Waals surface area contributed by atoms with Gasteiger partial charge in [0.2, 0.25) is 5.91 Å². The molecule has 1 atom stereocenters. The van der Waals surface area contributed by atoms with Crippen molar-refractivity contribution in [1.29, 1.82) is 0 Å². The molecule has 0 aliphatic carbocycles. The van der Waals surface area contributed by atoms with Crippen LogP contribution in [0.3, 0.4) is 0 Å². The minimum absolute atomic E-state index is 0.0320. The van der Waals surface area contributed by atoms with Crippen molar-refractivity contribution < 1.29 is 4.79 Å². The molecule has 0 aliphatic heterocycles. The normalized spacial score (nSPS) is 12.4. The Hall–Kier alpha value is -1.36. The highest BCUT2D eigenvalue weighted by Gasteiger charge is 2.01. The molecule has 1 amide bonds. The van der Waals surface area contributed by atoms with Gasteiger partial charge in [0.1, 0.15) is 0 Å². The SMILES string of the molecule is CC(=O)NCCCNC(C)Cn1cccn1. The maximum Gasteiger partial charge on any atom is 0.216 e. The van der Waals surface area contributed by atoms with Gasteiger partial charge in [0, 0.05) is 31.9 Å². The van der Waals surface area contributed by atoms with E-state index in [9.17, 15) is 4.79 Å². The van der Waals surface area contributed by atoms with E-state index in [-0.39, 0.29) is 5.91 Å². The average Bonchev–Trinajstić information content (AvgIpc) is 2.69. The number of rotatable bonds is 7. The molecule has 0 radical (unpaired) electrons. The average molecular weight is 224 g/mol. The lowest BCUT2D eigenvalue weighted by Gasteiger charge is -2.13. The Morgan fingerprint density at radius 1 is 1.50 bits per heavy atom. The molecule has 1 rings (SSSR count). The van der Waals surface area contributed by atoms with Crippen molar-refractivity contribution in [2.75, 3.05) is 13.1 Å². The predicted molar refractivity (Wildman–Crippen MR) is 63.0 cm³/mol. The summed E-state index contributed by atoms with van der Waals surface area (Å²) in [6.45, 7) is 6.17. The Morgan fingerprint density at radius 3 is 2.94 bits per heavy atom. The quantitative estimate of drug-likeness (QED) is 0.659. The molecule has 0 saturated heterocycles. The highest BCUT2D eigenvalue weighted by atomic mass is 16.1. The molecule has 5 heteroatoms. The molecule has 1 heterocycles. The Morgan fingerprint density at radius 2 is 2.31 bits per heavy atom. The molecule has 1 aromatic rings. The number of carbonyl (C=O) groups is 1. The molecule has 0 spiro atoms. The summed E-state index contributed by atoms with van der Waals surface area (Å²) in [5, 5.41) is 10.3. The van der Waals surface area contributed by atoms with Crippen LogP contribution in [0.1, 0.15) is 20.3 Å². The van der Waals surface area contributed by atoms with E-state index >= 15 is 0 Å². The summed E-state index contributed by atoms with van der Waals surface area (Å²) in [6, 6.07) is 2.31. The minimum atomic E-state index is 0.0320. The second-order valence-corrected chi connectivity index (χ2v) is 3.92. The Labute approximate surface area is 96.2 Å². The summed E-state index contributed by atoms with van der Waals surface area (Å²) in [6.07, 6.45) is 4.68. The van der Waals surface area contributed by atoms with Crippen LogP contribution in [0.4, 0.5) is 0 Å².